The number of aliphatic hydroxyl groups excluding tert-OH is 1. The summed E-state index contributed by atoms with van der Waals surface area (Å²) < 4.78 is 14.4. The van der Waals surface area contributed by atoms with Crippen molar-refractivity contribution in [3.63, 3.8) is 0 Å². The van der Waals surface area contributed by atoms with Gasteiger partial charge in [-0.05, 0) is 43.8 Å². The number of H-pyrrole nitrogens is 1. The van der Waals surface area contributed by atoms with Crippen molar-refractivity contribution in [1.82, 2.24) is 30.4 Å². The molecule has 1 fully saturated rings. The van der Waals surface area contributed by atoms with Gasteiger partial charge in [-0.1, -0.05) is 18.2 Å². The van der Waals surface area contributed by atoms with Crippen LogP contribution in [0.1, 0.15) is 29.0 Å². The predicted molar refractivity (Wildman–Crippen MR) is 120 cm³/mol. The molecule has 3 aromatic heterocycles. The molecule has 0 radical (unpaired) electrons. The topological polar surface area (TPSA) is 90.0 Å². The van der Waals surface area contributed by atoms with Gasteiger partial charge in [0.25, 0.3) is 0 Å². The fourth-order valence-electron chi connectivity index (χ4n) is 4.55. The molecule has 0 spiro atoms. The molecule has 1 aliphatic rings. The number of likely N-dealkylation sites (N-methyl/N-ethyl adjacent to an activating group) is 1. The van der Waals surface area contributed by atoms with Gasteiger partial charge in [-0.25, -0.2) is 9.37 Å². The van der Waals surface area contributed by atoms with Crippen molar-refractivity contribution in [2.24, 2.45) is 0 Å². The van der Waals surface area contributed by atoms with E-state index in [0.717, 1.165) is 28.9 Å². The third kappa shape index (κ3) is 3.88. The van der Waals surface area contributed by atoms with E-state index in [1.807, 2.05) is 44.3 Å². The molecule has 8 heteroatoms. The highest BCUT2D eigenvalue weighted by molar-refractivity contribution is 5.91. The number of benzene rings is 1. The summed E-state index contributed by atoms with van der Waals surface area (Å²) in [5.41, 5.74) is 4.57. The first-order valence-electron chi connectivity index (χ1n) is 10.6. The molecule has 0 aliphatic carbocycles. The van der Waals surface area contributed by atoms with Crippen molar-refractivity contribution in [2.75, 3.05) is 20.1 Å². The van der Waals surface area contributed by atoms with Gasteiger partial charge in [-0.15, -0.1) is 0 Å². The molecular formula is C24H25FN6O. The number of halogens is 1. The lowest BCUT2D eigenvalue weighted by Crippen LogP contribution is -2.38. The first-order chi connectivity index (χ1) is 15.5. The number of aromatic amines is 1. The molecule has 1 aromatic carbocycles. The molecule has 3 atom stereocenters. The van der Waals surface area contributed by atoms with Gasteiger partial charge < -0.3 is 10.0 Å². The van der Waals surface area contributed by atoms with E-state index < -0.39 is 6.23 Å². The first kappa shape index (κ1) is 20.7. The number of aliphatic hydroxyl groups is 1. The smallest absolute Gasteiger partial charge is 0.181 e. The molecule has 0 saturated carbocycles. The largest absolute Gasteiger partial charge is 0.374 e. The molecule has 7 nitrogen and oxygen atoms in total. The molecule has 4 heterocycles. The Bertz CT molecular complexity index is 1260. The Labute approximate surface area is 185 Å². The zero-order valence-corrected chi connectivity index (χ0v) is 18.0. The SMILES string of the molecule is Cc1cc(-c2[nH]nc3ncc(C(O)N[C@H]4CN(C)C[C@@H]4c4ccccc4F)cc23)ccn1. The van der Waals surface area contributed by atoms with Crippen molar-refractivity contribution >= 4 is 11.0 Å². The van der Waals surface area contributed by atoms with Crippen molar-refractivity contribution in [3.8, 4) is 11.3 Å². The Morgan fingerprint density at radius 3 is 2.84 bits per heavy atom. The van der Waals surface area contributed by atoms with Crippen LogP contribution in [0.15, 0.2) is 54.9 Å². The van der Waals surface area contributed by atoms with Gasteiger partial charge in [0.15, 0.2) is 5.65 Å². The Hall–Kier alpha value is -3.20. The Balaban J connectivity index is 1.43. The van der Waals surface area contributed by atoms with Crippen molar-refractivity contribution < 1.29 is 9.50 Å². The van der Waals surface area contributed by atoms with Gasteiger partial charge in [0.05, 0.1) is 5.69 Å². The minimum absolute atomic E-state index is 0.0585. The molecule has 0 bridgehead atoms. The summed E-state index contributed by atoms with van der Waals surface area (Å²) in [4.78, 5) is 10.8. The van der Waals surface area contributed by atoms with Crippen LogP contribution in [0, 0.1) is 12.7 Å². The molecule has 164 valence electrons. The molecule has 4 aromatic rings. The number of nitrogens with zero attached hydrogens (tertiary/aromatic N) is 4. The zero-order valence-electron chi connectivity index (χ0n) is 18.0. The number of nitrogens with one attached hydrogen (secondary N) is 2. The normalized spacial score (nSPS) is 20.1. The van der Waals surface area contributed by atoms with Crippen molar-refractivity contribution in [1.29, 1.82) is 0 Å². The molecular weight excluding hydrogens is 407 g/mol. The van der Waals surface area contributed by atoms with Gasteiger partial charge in [0, 0.05) is 59.7 Å². The maximum Gasteiger partial charge on any atom is 0.181 e. The standard InChI is InChI=1S/C24H25FN6O/c1-14-9-15(7-8-26-14)22-18-10-16(11-27-23(18)30-29-22)24(32)28-21-13-31(2)12-19(21)17-5-3-4-6-20(17)25/h3-11,19,21,24,28,32H,12-13H2,1-2H3,(H,27,29,30)/t19-,21+,24?/m1/s1. The van der Waals surface area contributed by atoms with Gasteiger partial charge in [-0.2, -0.15) is 5.10 Å². The lowest BCUT2D eigenvalue weighted by Gasteiger charge is -2.24. The van der Waals surface area contributed by atoms with Crippen LogP contribution < -0.4 is 5.32 Å². The van der Waals surface area contributed by atoms with Crippen LogP contribution in [0.3, 0.4) is 0 Å². The quantitative estimate of drug-likeness (QED) is 0.420. The highest BCUT2D eigenvalue weighted by Crippen LogP contribution is 2.31. The van der Waals surface area contributed by atoms with E-state index in [0.29, 0.717) is 23.3 Å². The Morgan fingerprint density at radius 2 is 2.03 bits per heavy atom. The molecule has 1 unspecified atom stereocenters. The summed E-state index contributed by atoms with van der Waals surface area (Å²) in [5, 5.41) is 22.5. The van der Waals surface area contributed by atoms with E-state index >= 15 is 0 Å². The minimum Gasteiger partial charge on any atom is -0.374 e. The van der Waals surface area contributed by atoms with Crippen LogP contribution in [0.25, 0.3) is 22.3 Å². The second kappa shape index (κ2) is 8.38. The summed E-state index contributed by atoms with van der Waals surface area (Å²) in [5.74, 6) is -0.273. The van der Waals surface area contributed by atoms with Crippen LogP contribution in [0.2, 0.25) is 0 Å². The average Bonchev–Trinajstić information content (AvgIpc) is 3.36. The highest BCUT2D eigenvalue weighted by atomic mass is 19.1. The summed E-state index contributed by atoms with van der Waals surface area (Å²) in [7, 11) is 2.00. The van der Waals surface area contributed by atoms with E-state index in [1.165, 1.54) is 6.07 Å². The van der Waals surface area contributed by atoms with E-state index in [2.05, 4.69) is 30.4 Å². The van der Waals surface area contributed by atoms with Crippen molar-refractivity contribution in [3.05, 3.63) is 77.5 Å². The van der Waals surface area contributed by atoms with Gasteiger partial charge in [0.2, 0.25) is 0 Å². The van der Waals surface area contributed by atoms with Crippen LogP contribution in [-0.2, 0) is 0 Å². The number of aromatic nitrogens is 4. The third-order valence-electron chi connectivity index (χ3n) is 6.11. The number of hydrogen-bond donors (Lipinski definition) is 3. The summed E-state index contributed by atoms with van der Waals surface area (Å²) in [6.45, 7) is 3.36. The minimum atomic E-state index is -0.945. The molecule has 1 saturated heterocycles. The van der Waals surface area contributed by atoms with Gasteiger partial charge in [0.1, 0.15) is 12.0 Å². The van der Waals surface area contributed by atoms with Crippen molar-refractivity contribution in [2.45, 2.75) is 25.1 Å². The highest BCUT2D eigenvalue weighted by Gasteiger charge is 2.34. The van der Waals surface area contributed by atoms with Gasteiger partial charge >= 0.3 is 0 Å². The van der Waals surface area contributed by atoms with E-state index in [-0.39, 0.29) is 17.8 Å². The number of rotatable bonds is 5. The number of likely N-dealkylation sites (tertiary alicyclic amines) is 1. The second-order valence-corrected chi connectivity index (χ2v) is 8.45. The molecule has 5 rings (SSSR count). The number of aryl methyl sites for hydroxylation is 1. The summed E-state index contributed by atoms with van der Waals surface area (Å²) >= 11 is 0. The fraction of sp³-hybridized carbons (Fsp3) is 0.292. The Morgan fingerprint density at radius 1 is 1.19 bits per heavy atom. The molecule has 1 aliphatic heterocycles. The Kier molecular flexibility index (Phi) is 5.42. The lowest BCUT2D eigenvalue weighted by molar-refractivity contribution is 0.121. The second-order valence-electron chi connectivity index (χ2n) is 8.45. The zero-order chi connectivity index (χ0) is 22.2. The third-order valence-corrected chi connectivity index (χ3v) is 6.11. The average molecular weight is 433 g/mol. The number of fused-ring (bicyclic) bond motifs is 1. The van der Waals surface area contributed by atoms with Crippen LogP contribution >= 0.6 is 0 Å². The van der Waals surface area contributed by atoms with Crippen LogP contribution in [0.4, 0.5) is 4.39 Å². The van der Waals surface area contributed by atoms with Crippen LogP contribution in [0.5, 0.6) is 0 Å². The number of hydrogen-bond acceptors (Lipinski definition) is 6. The molecule has 32 heavy (non-hydrogen) atoms. The summed E-state index contributed by atoms with van der Waals surface area (Å²) in [6, 6.07) is 12.5. The maximum absolute atomic E-state index is 14.4. The summed E-state index contributed by atoms with van der Waals surface area (Å²) in [6.07, 6.45) is 2.43. The molecule has 0 amide bonds. The number of pyridine rings is 2. The van der Waals surface area contributed by atoms with E-state index in [1.54, 1.807) is 18.5 Å². The fourth-order valence-corrected chi connectivity index (χ4v) is 4.55. The van der Waals surface area contributed by atoms with E-state index in [4.69, 9.17) is 0 Å². The predicted octanol–water partition coefficient (Wildman–Crippen LogP) is 3.15. The van der Waals surface area contributed by atoms with Crippen LogP contribution in [-0.4, -0.2) is 56.4 Å². The van der Waals surface area contributed by atoms with E-state index in [9.17, 15) is 9.50 Å². The lowest BCUT2D eigenvalue weighted by atomic mass is 9.93. The van der Waals surface area contributed by atoms with Gasteiger partial charge in [-0.3, -0.25) is 15.4 Å². The monoisotopic (exact) mass is 432 g/mol. The maximum atomic E-state index is 14.4. The molecule has 3 N–H and O–H groups in total. The first-order valence-corrected chi connectivity index (χ1v) is 10.6.